The number of nitrogens with zero attached hydrogens (tertiary/aromatic N) is 2. The van der Waals surface area contributed by atoms with E-state index in [4.69, 9.17) is 4.74 Å². The Morgan fingerprint density at radius 2 is 2.00 bits per heavy atom. The molecule has 1 heterocycles. The molecule has 0 amide bonds. The van der Waals surface area contributed by atoms with Crippen LogP contribution in [-0.2, 0) is 18.0 Å². The van der Waals surface area contributed by atoms with Crippen molar-refractivity contribution in [2.45, 2.75) is 13.2 Å². The van der Waals surface area contributed by atoms with E-state index in [1.807, 2.05) is 0 Å². The van der Waals surface area contributed by atoms with Crippen LogP contribution in [0.3, 0.4) is 0 Å². The van der Waals surface area contributed by atoms with Gasteiger partial charge >= 0.3 is 0 Å². The topological polar surface area (TPSA) is 47.0 Å². The molecule has 0 radical (unpaired) electrons. The molecular formula is C13H14FN3O. The van der Waals surface area contributed by atoms with Gasteiger partial charge < -0.3 is 10.1 Å². The summed E-state index contributed by atoms with van der Waals surface area (Å²) in [5.74, 6) is 0.446. The minimum Gasteiger partial charge on any atom is -0.372 e. The fourth-order valence-corrected chi connectivity index (χ4v) is 1.44. The van der Waals surface area contributed by atoms with Crippen LogP contribution in [0.1, 0.15) is 11.3 Å². The Bertz CT molecular complexity index is 502. The van der Waals surface area contributed by atoms with Gasteiger partial charge in [-0.1, -0.05) is 18.2 Å². The molecule has 0 spiro atoms. The third-order valence-electron chi connectivity index (χ3n) is 2.43. The van der Waals surface area contributed by atoms with Crippen molar-refractivity contribution >= 4 is 5.82 Å². The molecular weight excluding hydrogens is 233 g/mol. The van der Waals surface area contributed by atoms with E-state index in [9.17, 15) is 4.39 Å². The van der Waals surface area contributed by atoms with E-state index in [-0.39, 0.29) is 12.4 Å². The average Bonchev–Trinajstić information content (AvgIpc) is 2.42. The third kappa shape index (κ3) is 3.24. The highest BCUT2D eigenvalue weighted by molar-refractivity contribution is 5.29. The Kier molecular flexibility index (Phi) is 4.20. The van der Waals surface area contributed by atoms with Gasteiger partial charge in [0.2, 0.25) is 0 Å². The predicted molar refractivity (Wildman–Crippen MR) is 66.5 cm³/mol. The first kappa shape index (κ1) is 12.4. The smallest absolute Gasteiger partial charge is 0.144 e. The molecule has 0 saturated heterocycles. The van der Waals surface area contributed by atoms with Crippen LogP contribution in [0.25, 0.3) is 0 Å². The van der Waals surface area contributed by atoms with E-state index in [1.54, 1.807) is 37.6 Å². The van der Waals surface area contributed by atoms with Gasteiger partial charge in [-0.2, -0.15) is 0 Å². The molecule has 2 rings (SSSR count). The van der Waals surface area contributed by atoms with Crippen LogP contribution in [-0.4, -0.2) is 17.0 Å². The summed E-state index contributed by atoms with van der Waals surface area (Å²) < 4.78 is 18.7. The van der Waals surface area contributed by atoms with Crippen LogP contribution >= 0.6 is 0 Å². The van der Waals surface area contributed by atoms with Gasteiger partial charge in [-0.15, -0.1) is 0 Å². The van der Waals surface area contributed by atoms with Crippen LogP contribution in [0.15, 0.2) is 36.7 Å². The highest BCUT2D eigenvalue weighted by atomic mass is 19.1. The molecule has 5 heteroatoms. The number of ether oxygens (including phenoxy) is 1. The first-order valence-corrected chi connectivity index (χ1v) is 5.59. The lowest BCUT2D eigenvalue weighted by atomic mass is 10.2. The fraction of sp³-hybridized carbons (Fsp3) is 0.231. The predicted octanol–water partition coefficient (Wildman–Crippen LogP) is 2.37. The van der Waals surface area contributed by atoms with E-state index in [2.05, 4.69) is 15.3 Å². The highest BCUT2D eigenvalue weighted by Crippen LogP contribution is 2.09. The zero-order chi connectivity index (χ0) is 12.8. The maximum absolute atomic E-state index is 13.3. The van der Waals surface area contributed by atoms with E-state index >= 15 is 0 Å². The molecule has 0 aliphatic rings. The van der Waals surface area contributed by atoms with Crippen molar-refractivity contribution in [3.8, 4) is 0 Å². The number of halogens is 1. The molecule has 0 atom stereocenters. The maximum Gasteiger partial charge on any atom is 0.144 e. The zero-order valence-electron chi connectivity index (χ0n) is 10.1. The van der Waals surface area contributed by atoms with Crippen LogP contribution < -0.4 is 5.32 Å². The molecule has 0 aliphatic heterocycles. The summed E-state index contributed by atoms with van der Waals surface area (Å²) in [6.45, 7) is 0.535. The number of benzene rings is 1. The molecule has 1 N–H and O–H groups in total. The van der Waals surface area contributed by atoms with E-state index in [0.29, 0.717) is 23.7 Å². The summed E-state index contributed by atoms with van der Waals surface area (Å²) in [4.78, 5) is 8.27. The van der Waals surface area contributed by atoms with Gasteiger partial charge in [0.05, 0.1) is 31.3 Å². The second-order valence-electron chi connectivity index (χ2n) is 3.73. The van der Waals surface area contributed by atoms with Crippen LogP contribution in [0, 0.1) is 5.82 Å². The van der Waals surface area contributed by atoms with Gasteiger partial charge in [0, 0.05) is 12.6 Å². The molecule has 94 valence electrons. The summed E-state index contributed by atoms with van der Waals surface area (Å²) in [6, 6.07) is 6.55. The first-order chi connectivity index (χ1) is 8.79. The van der Waals surface area contributed by atoms with Crippen LogP contribution in [0.5, 0.6) is 0 Å². The van der Waals surface area contributed by atoms with Crippen molar-refractivity contribution in [3.05, 3.63) is 53.7 Å². The highest BCUT2D eigenvalue weighted by Gasteiger charge is 2.01. The average molecular weight is 247 g/mol. The molecule has 18 heavy (non-hydrogen) atoms. The summed E-state index contributed by atoms with van der Waals surface area (Å²) in [5.41, 5.74) is 1.25. The SMILES string of the molecule is CNc1cnc(COCc2ccccc2F)cn1. The van der Waals surface area contributed by atoms with Crippen molar-refractivity contribution in [1.29, 1.82) is 0 Å². The Morgan fingerprint density at radius 3 is 2.67 bits per heavy atom. The lowest BCUT2D eigenvalue weighted by Gasteiger charge is -2.05. The summed E-state index contributed by atoms with van der Waals surface area (Å²) >= 11 is 0. The first-order valence-electron chi connectivity index (χ1n) is 5.59. The lowest BCUT2D eigenvalue weighted by Crippen LogP contribution is -2.00. The van der Waals surface area contributed by atoms with E-state index < -0.39 is 0 Å². The quantitative estimate of drug-likeness (QED) is 0.881. The largest absolute Gasteiger partial charge is 0.372 e. The zero-order valence-corrected chi connectivity index (χ0v) is 10.1. The summed E-state index contributed by atoms with van der Waals surface area (Å²) in [6.07, 6.45) is 3.26. The van der Waals surface area contributed by atoms with Crippen molar-refractivity contribution in [1.82, 2.24) is 9.97 Å². The second kappa shape index (κ2) is 6.07. The fourth-order valence-electron chi connectivity index (χ4n) is 1.44. The molecule has 1 aromatic heterocycles. The Hall–Kier alpha value is -2.01. The maximum atomic E-state index is 13.3. The lowest BCUT2D eigenvalue weighted by molar-refractivity contribution is 0.102. The standard InChI is InChI=1S/C13H14FN3O/c1-15-13-7-16-11(6-17-13)9-18-8-10-4-2-3-5-12(10)14/h2-7H,8-9H2,1H3,(H,15,17). The van der Waals surface area contributed by atoms with Gasteiger partial charge in [0.15, 0.2) is 0 Å². The summed E-state index contributed by atoms with van der Waals surface area (Å²) in [5, 5.41) is 2.88. The Morgan fingerprint density at radius 1 is 1.17 bits per heavy atom. The van der Waals surface area contributed by atoms with Crippen molar-refractivity contribution in [2.75, 3.05) is 12.4 Å². The number of nitrogens with one attached hydrogen (secondary N) is 1. The molecule has 0 saturated carbocycles. The van der Waals surface area contributed by atoms with Crippen LogP contribution in [0.2, 0.25) is 0 Å². The number of rotatable bonds is 5. The Balaban J connectivity index is 1.86. The molecule has 1 aromatic carbocycles. The van der Waals surface area contributed by atoms with Gasteiger partial charge in [0.1, 0.15) is 11.6 Å². The minimum atomic E-state index is -0.255. The Labute approximate surface area is 105 Å². The van der Waals surface area contributed by atoms with Gasteiger partial charge in [-0.3, -0.25) is 4.98 Å². The molecule has 2 aromatic rings. The van der Waals surface area contributed by atoms with E-state index in [0.717, 1.165) is 0 Å². The minimum absolute atomic E-state index is 0.224. The number of hydrogen-bond donors (Lipinski definition) is 1. The molecule has 4 nitrogen and oxygen atoms in total. The van der Waals surface area contributed by atoms with Gasteiger partial charge in [-0.05, 0) is 6.07 Å². The molecule has 0 bridgehead atoms. The normalized spacial score (nSPS) is 10.3. The molecule has 0 aliphatic carbocycles. The molecule has 0 unspecified atom stereocenters. The van der Waals surface area contributed by atoms with Crippen molar-refractivity contribution < 1.29 is 9.13 Å². The van der Waals surface area contributed by atoms with Crippen LogP contribution in [0.4, 0.5) is 10.2 Å². The number of aromatic nitrogens is 2. The van der Waals surface area contributed by atoms with Gasteiger partial charge in [0.25, 0.3) is 0 Å². The number of hydrogen-bond acceptors (Lipinski definition) is 4. The second-order valence-corrected chi connectivity index (χ2v) is 3.73. The van der Waals surface area contributed by atoms with Crippen molar-refractivity contribution in [3.63, 3.8) is 0 Å². The van der Waals surface area contributed by atoms with Gasteiger partial charge in [-0.25, -0.2) is 9.37 Å². The van der Waals surface area contributed by atoms with Crippen molar-refractivity contribution in [2.24, 2.45) is 0 Å². The summed E-state index contributed by atoms with van der Waals surface area (Å²) in [7, 11) is 1.78. The monoisotopic (exact) mass is 247 g/mol. The third-order valence-corrected chi connectivity index (χ3v) is 2.43. The number of anilines is 1. The van der Waals surface area contributed by atoms with E-state index in [1.165, 1.54) is 6.07 Å². The molecule has 0 fully saturated rings.